The Labute approximate surface area is 75.6 Å². The summed E-state index contributed by atoms with van der Waals surface area (Å²) in [6.45, 7) is 6.56. The molecule has 1 saturated heterocycles. The summed E-state index contributed by atoms with van der Waals surface area (Å²) < 4.78 is 0. The van der Waals surface area contributed by atoms with Gasteiger partial charge in [-0.1, -0.05) is 19.9 Å². The van der Waals surface area contributed by atoms with Crippen molar-refractivity contribution in [1.29, 1.82) is 0 Å². The van der Waals surface area contributed by atoms with Crippen LogP contribution in [0.3, 0.4) is 0 Å². The number of hydrazine groups is 1. The summed E-state index contributed by atoms with van der Waals surface area (Å²) in [6.07, 6.45) is 7.42. The fraction of sp³-hybridized carbons (Fsp3) is 0.800. The summed E-state index contributed by atoms with van der Waals surface area (Å²) in [5, 5.41) is 2.31. The molecule has 0 aromatic rings. The second-order valence-corrected chi connectivity index (χ2v) is 3.22. The lowest BCUT2D eigenvalue weighted by Gasteiger charge is -2.31. The van der Waals surface area contributed by atoms with Gasteiger partial charge in [0.05, 0.1) is 0 Å². The van der Waals surface area contributed by atoms with Crippen LogP contribution < -0.4 is 5.43 Å². The second-order valence-electron chi connectivity index (χ2n) is 3.22. The van der Waals surface area contributed by atoms with Crippen LogP contribution >= 0.6 is 0 Å². The molecule has 0 unspecified atom stereocenters. The monoisotopic (exact) mass is 168 g/mol. The molecule has 0 amide bonds. The van der Waals surface area contributed by atoms with Crippen LogP contribution in [0.5, 0.6) is 0 Å². The maximum atomic E-state index is 3.38. The predicted octanol–water partition coefficient (Wildman–Crippen LogP) is 2.29. The second kappa shape index (κ2) is 5.20. The van der Waals surface area contributed by atoms with E-state index in [0.717, 1.165) is 13.0 Å². The molecule has 1 aliphatic rings. The lowest BCUT2D eigenvalue weighted by molar-refractivity contribution is 0.212. The molecule has 0 saturated carbocycles. The normalized spacial score (nSPS) is 21.8. The molecule has 2 heteroatoms. The van der Waals surface area contributed by atoms with Gasteiger partial charge in [0.25, 0.3) is 0 Å². The number of hydrogen-bond donors (Lipinski definition) is 1. The van der Waals surface area contributed by atoms with Gasteiger partial charge in [-0.15, -0.1) is 0 Å². The summed E-state index contributed by atoms with van der Waals surface area (Å²) in [6, 6.07) is 0. The van der Waals surface area contributed by atoms with Crippen LogP contribution in [0.15, 0.2) is 11.8 Å². The van der Waals surface area contributed by atoms with Crippen LogP contribution in [0.25, 0.3) is 0 Å². The molecule has 0 radical (unpaired) electrons. The first-order valence-electron chi connectivity index (χ1n) is 5.08. The Bertz CT molecular complexity index is 150. The lowest BCUT2D eigenvalue weighted by Crippen LogP contribution is -2.39. The van der Waals surface area contributed by atoms with Crippen LogP contribution in [0.4, 0.5) is 0 Å². The molecule has 1 rings (SSSR count). The smallest absolute Gasteiger partial charge is 0.0340 e. The number of rotatable bonds is 3. The molecule has 0 aliphatic carbocycles. The van der Waals surface area contributed by atoms with Crippen LogP contribution in [-0.2, 0) is 0 Å². The van der Waals surface area contributed by atoms with Gasteiger partial charge in [0.2, 0.25) is 0 Å². The molecule has 0 bridgehead atoms. The molecule has 1 heterocycles. The van der Waals surface area contributed by atoms with E-state index in [-0.39, 0.29) is 0 Å². The van der Waals surface area contributed by atoms with Crippen LogP contribution in [0, 0.1) is 0 Å². The maximum Gasteiger partial charge on any atom is 0.0340 e. The minimum atomic E-state index is 1.03. The van der Waals surface area contributed by atoms with Crippen LogP contribution in [0.2, 0.25) is 0 Å². The molecule has 1 N–H and O–H groups in total. The van der Waals surface area contributed by atoms with E-state index < -0.39 is 0 Å². The van der Waals surface area contributed by atoms with Gasteiger partial charge >= 0.3 is 0 Å². The summed E-state index contributed by atoms with van der Waals surface area (Å²) >= 11 is 0. The zero-order chi connectivity index (χ0) is 8.81. The van der Waals surface area contributed by atoms with Gasteiger partial charge < -0.3 is 5.01 Å². The first-order valence-corrected chi connectivity index (χ1v) is 5.08. The van der Waals surface area contributed by atoms with Crippen LogP contribution in [-0.4, -0.2) is 18.1 Å². The number of hydrogen-bond acceptors (Lipinski definition) is 2. The van der Waals surface area contributed by atoms with Crippen molar-refractivity contribution in [2.75, 3.05) is 13.1 Å². The summed E-state index contributed by atoms with van der Waals surface area (Å²) in [5.74, 6) is 0. The predicted molar refractivity (Wildman–Crippen MR) is 52.6 cm³/mol. The Kier molecular flexibility index (Phi) is 4.15. The largest absolute Gasteiger partial charge is 0.313 e. The van der Waals surface area contributed by atoms with E-state index in [1.54, 1.807) is 0 Å². The van der Waals surface area contributed by atoms with E-state index in [2.05, 4.69) is 30.4 Å². The van der Waals surface area contributed by atoms with Crippen molar-refractivity contribution >= 4 is 0 Å². The van der Waals surface area contributed by atoms with Crippen LogP contribution in [0.1, 0.15) is 39.5 Å². The topological polar surface area (TPSA) is 15.3 Å². The number of piperidine rings is 1. The molecule has 0 aromatic carbocycles. The Morgan fingerprint density at radius 2 is 2.25 bits per heavy atom. The Hall–Kier alpha value is -0.500. The third-order valence-corrected chi connectivity index (χ3v) is 2.20. The zero-order valence-corrected chi connectivity index (χ0v) is 8.27. The Morgan fingerprint density at radius 3 is 2.92 bits per heavy atom. The molecule has 2 nitrogen and oxygen atoms in total. The molecule has 1 fully saturated rings. The molecule has 70 valence electrons. The SMILES string of the molecule is CC/C=C1/CCCCN1NCC. The van der Waals surface area contributed by atoms with Crippen molar-refractivity contribution in [3.63, 3.8) is 0 Å². The summed E-state index contributed by atoms with van der Waals surface area (Å²) in [5.41, 5.74) is 4.88. The average molecular weight is 168 g/mol. The summed E-state index contributed by atoms with van der Waals surface area (Å²) in [4.78, 5) is 0. The van der Waals surface area contributed by atoms with Crippen molar-refractivity contribution in [3.05, 3.63) is 11.8 Å². The van der Waals surface area contributed by atoms with E-state index in [9.17, 15) is 0 Å². The average Bonchev–Trinajstić information content (AvgIpc) is 2.09. The molecule has 12 heavy (non-hydrogen) atoms. The van der Waals surface area contributed by atoms with Gasteiger partial charge in [-0.2, -0.15) is 0 Å². The molecule has 0 spiro atoms. The van der Waals surface area contributed by atoms with Crippen molar-refractivity contribution in [2.45, 2.75) is 39.5 Å². The Morgan fingerprint density at radius 1 is 1.42 bits per heavy atom. The summed E-state index contributed by atoms with van der Waals surface area (Å²) in [7, 11) is 0. The highest BCUT2D eigenvalue weighted by Crippen LogP contribution is 2.18. The first-order chi connectivity index (χ1) is 5.88. The maximum absolute atomic E-state index is 3.38. The Balaban J connectivity index is 2.48. The van der Waals surface area contributed by atoms with Crippen molar-refractivity contribution in [3.8, 4) is 0 Å². The van der Waals surface area contributed by atoms with Crippen molar-refractivity contribution in [1.82, 2.24) is 10.4 Å². The highest BCUT2D eigenvalue weighted by molar-refractivity contribution is 5.01. The highest BCUT2D eigenvalue weighted by Gasteiger charge is 2.12. The van der Waals surface area contributed by atoms with Gasteiger partial charge in [0, 0.05) is 18.8 Å². The van der Waals surface area contributed by atoms with Crippen molar-refractivity contribution < 1.29 is 0 Å². The quantitative estimate of drug-likeness (QED) is 0.695. The minimum Gasteiger partial charge on any atom is -0.313 e. The number of allylic oxidation sites excluding steroid dienone is 2. The van der Waals surface area contributed by atoms with E-state index in [1.807, 2.05) is 0 Å². The van der Waals surface area contributed by atoms with E-state index in [0.29, 0.717) is 0 Å². The van der Waals surface area contributed by atoms with E-state index in [4.69, 9.17) is 0 Å². The van der Waals surface area contributed by atoms with Crippen molar-refractivity contribution in [2.24, 2.45) is 0 Å². The standard InChI is InChI=1S/C10H20N2/c1-3-7-10-8-5-6-9-12(10)11-4-2/h7,11H,3-6,8-9H2,1-2H3/b10-7-. The first kappa shape index (κ1) is 9.59. The highest BCUT2D eigenvalue weighted by atomic mass is 15.5. The molecular formula is C10H20N2. The van der Waals surface area contributed by atoms with Gasteiger partial charge in [-0.05, 0) is 25.7 Å². The van der Waals surface area contributed by atoms with E-state index in [1.165, 1.54) is 31.5 Å². The molecule has 0 atom stereocenters. The third kappa shape index (κ3) is 2.52. The lowest BCUT2D eigenvalue weighted by atomic mass is 10.1. The van der Waals surface area contributed by atoms with Gasteiger partial charge in [0.1, 0.15) is 0 Å². The third-order valence-electron chi connectivity index (χ3n) is 2.20. The molecule has 0 aromatic heterocycles. The van der Waals surface area contributed by atoms with Gasteiger partial charge in [0.15, 0.2) is 0 Å². The fourth-order valence-electron chi connectivity index (χ4n) is 1.67. The number of nitrogens with one attached hydrogen (secondary N) is 1. The van der Waals surface area contributed by atoms with Gasteiger partial charge in [-0.3, -0.25) is 0 Å². The minimum absolute atomic E-state index is 1.03. The number of nitrogens with zero attached hydrogens (tertiary/aromatic N) is 1. The van der Waals surface area contributed by atoms with Gasteiger partial charge in [-0.25, -0.2) is 5.43 Å². The zero-order valence-electron chi connectivity index (χ0n) is 8.27. The van der Waals surface area contributed by atoms with E-state index >= 15 is 0 Å². The fourth-order valence-corrected chi connectivity index (χ4v) is 1.67. The molecular weight excluding hydrogens is 148 g/mol. The molecule has 1 aliphatic heterocycles.